The van der Waals surface area contributed by atoms with E-state index in [2.05, 4.69) is 13.1 Å². The van der Waals surface area contributed by atoms with Crippen LogP contribution in [0.25, 0.3) is 0 Å². The van der Waals surface area contributed by atoms with E-state index in [4.69, 9.17) is 4.43 Å². The summed E-state index contributed by atoms with van der Waals surface area (Å²) < 4.78 is 15.7. The molecule has 2 nitrogen and oxygen atoms in total. The van der Waals surface area contributed by atoms with Gasteiger partial charge in [-0.3, -0.25) is 0 Å². The van der Waals surface area contributed by atoms with E-state index in [1.165, 1.54) is 0 Å². The lowest BCUT2D eigenvalue weighted by molar-refractivity contribution is 0.271. The standard InChI is InChI=1S/C5H14O2Si2/c1-5(8(2)3)7-9(4)6/h5,8H,1-4H3. The predicted octanol–water partition coefficient (Wildman–Crippen LogP) is 0.966. The Balaban J connectivity index is 3.50. The van der Waals surface area contributed by atoms with Crippen molar-refractivity contribution in [2.45, 2.75) is 32.3 Å². The summed E-state index contributed by atoms with van der Waals surface area (Å²) in [6.07, 6.45) is 0. The maximum absolute atomic E-state index is 10.5. The molecule has 0 radical (unpaired) electrons. The van der Waals surface area contributed by atoms with Crippen LogP contribution < -0.4 is 0 Å². The first-order valence-electron chi connectivity index (χ1n) is 3.21. The van der Waals surface area contributed by atoms with Crippen LogP contribution in [0, 0.1) is 0 Å². The molecule has 0 aliphatic carbocycles. The van der Waals surface area contributed by atoms with Gasteiger partial charge in [0, 0.05) is 6.55 Å². The highest BCUT2D eigenvalue weighted by Crippen LogP contribution is 1.95. The first-order chi connectivity index (χ1) is 4.04. The summed E-state index contributed by atoms with van der Waals surface area (Å²) in [6, 6.07) is 0. The maximum atomic E-state index is 10.5. The zero-order chi connectivity index (χ0) is 7.44. The van der Waals surface area contributed by atoms with Crippen LogP contribution in [0.5, 0.6) is 0 Å². The van der Waals surface area contributed by atoms with Gasteiger partial charge in [-0.1, -0.05) is 13.1 Å². The van der Waals surface area contributed by atoms with E-state index in [0.717, 1.165) is 0 Å². The molecule has 1 atom stereocenters. The van der Waals surface area contributed by atoms with E-state index in [9.17, 15) is 4.46 Å². The second-order valence-corrected chi connectivity index (χ2v) is 7.20. The zero-order valence-electron chi connectivity index (χ0n) is 6.47. The van der Waals surface area contributed by atoms with Crippen molar-refractivity contribution in [1.82, 2.24) is 0 Å². The monoisotopic (exact) mass is 162 g/mol. The van der Waals surface area contributed by atoms with Gasteiger partial charge >= 0.3 is 8.93 Å². The Morgan fingerprint density at radius 2 is 2.00 bits per heavy atom. The molecule has 0 rings (SSSR count). The summed E-state index contributed by atoms with van der Waals surface area (Å²) in [4.78, 5) is 0. The first kappa shape index (κ1) is 9.03. The Labute approximate surface area is 59.6 Å². The van der Waals surface area contributed by atoms with E-state index < -0.39 is 17.7 Å². The predicted molar refractivity (Wildman–Crippen MR) is 41.7 cm³/mol. The lowest BCUT2D eigenvalue weighted by Gasteiger charge is -2.14. The van der Waals surface area contributed by atoms with Crippen molar-refractivity contribution in [2.24, 2.45) is 0 Å². The van der Waals surface area contributed by atoms with Gasteiger partial charge in [-0.2, -0.15) is 0 Å². The molecule has 0 heterocycles. The minimum Gasteiger partial charge on any atom is -0.525 e. The molecule has 0 amide bonds. The molecule has 0 aliphatic heterocycles. The maximum Gasteiger partial charge on any atom is 0.499 e. The van der Waals surface area contributed by atoms with E-state index in [-0.39, 0.29) is 5.73 Å². The average molecular weight is 162 g/mol. The second kappa shape index (κ2) is 3.95. The van der Waals surface area contributed by atoms with Crippen molar-refractivity contribution < 1.29 is 8.89 Å². The molecule has 0 aromatic heterocycles. The molecule has 0 aliphatic rings. The van der Waals surface area contributed by atoms with Gasteiger partial charge in [0.15, 0.2) is 0 Å². The fraction of sp³-hybridized carbons (Fsp3) is 1.00. The molecular formula is C5H14O2Si2. The van der Waals surface area contributed by atoms with E-state index >= 15 is 0 Å². The number of rotatable bonds is 3. The molecule has 9 heavy (non-hydrogen) atoms. The lowest BCUT2D eigenvalue weighted by atomic mass is 10.9. The zero-order valence-corrected chi connectivity index (χ0v) is 8.63. The van der Waals surface area contributed by atoms with Crippen LogP contribution >= 0.6 is 0 Å². The molecule has 0 aromatic carbocycles. The molecule has 0 spiro atoms. The average Bonchev–Trinajstić information content (AvgIpc) is 1.63. The molecule has 0 saturated carbocycles. The van der Waals surface area contributed by atoms with Gasteiger partial charge in [-0.15, -0.1) is 0 Å². The molecular weight excluding hydrogens is 148 g/mol. The third-order valence-electron chi connectivity index (χ3n) is 1.29. The van der Waals surface area contributed by atoms with Crippen LogP contribution in [-0.4, -0.2) is 23.5 Å². The summed E-state index contributed by atoms with van der Waals surface area (Å²) in [5, 5.41) is 0. The summed E-state index contributed by atoms with van der Waals surface area (Å²) in [5.41, 5.74) is 0.265. The number of hydrogen-bond donors (Lipinski definition) is 0. The van der Waals surface area contributed by atoms with Gasteiger partial charge in [0.2, 0.25) is 0 Å². The fourth-order valence-electron chi connectivity index (χ4n) is 0.398. The second-order valence-electron chi connectivity index (χ2n) is 2.56. The van der Waals surface area contributed by atoms with Crippen molar-refractivity contribution >= 4 is 17.7 Å². The molecule has 4 heteroatoms. The molecule has 54 valence electrons. The van der Waals surface area contributed by atoms with E-state index in [1.807, 2.05) is 6.92 Å². The van der Waals surface area contributed by atoms with Gasteiger partial charge in [-0.05, 0) is 6.92 Å². The van der Waals surface area contributed by atoms with Crippen molar-refractivity contribution in [3.05, 3.63) is 0 Å². The normalized spacial score (nSPS) is 13.4. The quantitative estimate of drug-likeness (QED) is 0.578. The van der Waals surface area contributed by atoms with Crippen molar-refractivity contribution in [1.29, 1.82) is 0 Å². The largest absolute Gasteiger partial charge is 0.525 e. The van der Waals surface area contributed by atoms with Gasteiger partial charge in [-0.25, -0.2) is 0 Å². The summed E-state index contributed by atoms with van der Waals surface area (Å²) in [6.45, 7) is 8.02. The minimum atomic E-state index is -1.69. The first-order valence-corrected chi connectivity index (χ1v) is 8.00. The van der Waals surface area contributed by atoms with Gasteiger partial charge in [0.05, 0.1) is 14.5 Å². The molecule has 0 fully saturated rings. The third kappa shape index (κ3) is 4.53. The summed E-state index contributed by atoms with van der Waals surface area (Å²) in [7, 11) is -2.41. The summed E-state index contributed by atoms with van der Waals surface area (Å²) >= 11 is 0. The molecule has 0 N–H and O–H groups in total. The molecule has 0 aromatic rings. The Hall–Kier alpha value is 0.0338. The molecule has 1 unspecified atom stereocenters. The van der Waals surface area contributed by atoms with Crippen LogP contribution in [0.4, 0.5) is 0 Å². The van der Waals surface area contributed by atoms with Crippen molar-refractivity contribution in [3.8, 4) is 0 Å². The van der Waals surface area contributed by atoms with Crippen molar-refractivity contribution in [2.75, 3.05) is 0 Å². The Kier molecular flexibility index (Phi) is 3.96. The van der Waals surface area contributed by atoms with Crippen LogP contribution in [0.3, 0.4) is 0 Å². The number of hydrogen-bond acceptors (Lipinski definition) is 2. The van der Waals surface area contributed by atoms with Crippen LogP contribution in [-0.2, 0) is 8.89 Å². The Morgan fingerprint density at radius 1 is 1.56 bits per heavy atom. The highest BCUT2D eigenvalue weighted by atomic mass is 28.3. The van der Waals surface area contributed by atoms with Crippen LogP contribution in [0.15, 0.2) is 0 Å². The lowest BCUT2D eigenvalue weighted by Crippen LogP contribution is -2.26. The van der Waals surface area contributed by atoms with Crippen LogP contribution in [0.1, 0.15) is 6.92 Å². The van der Waals surface area contributed by atoms with Gasteiger partial charge < -0.3 is 8.89 Å². The van der Waals surface area contributed by atoms with Gasteiger partial charge in [0.25, 0.3) is 0 Å². The summed E-state index contributed by atoms with van der Waals surface area (Å²) in [5.74, 6) is 0. The van der Waals surface area contributed by atoms with Crippen LogP contribution in [0.2, 0.25) is 19.6 Å². The van der Waals surface area contributed by atoms with E-state index in [1.54, 1.807) is 6.55 Å². The topological polar surface area (TPSA) is 26.3 Å². The highest BCUT2D eigenvalue weighted by molar-refractivity contribution is 6.57. The van der Waals surface area contributed by atoms with E-state index in [0.29, 0.717) is 0 Å². The Morgan fingerprint density at radius 3 is 2.11 bits per heavy atom. The molecule has 0 saturated heterocycles. The third-order valence-corrected chi connectivity index (χ3v) is 4.28. The fourth-order valence-corrected chi connectivity index (χ4v) is 2.59. The SMILES string of the molecule is CC(O[Si](C)=O)[SiH](C)C. The van der Waals surface area contributed by atoms with Gasteiger partial charge in [0.1, 0.15) is 0 Å². The molecule has 0 bridgehead atoms. The van der Waals surface area contributed by atoms with Crippen molar-refractivity contribution in [3.63, 3.8) is 0 Å². The highest BCUT2D eigenvalue weighted by Gasteiger charge is 2.10. The Bertz CT molecular complexity index is 103. The minimum absolute atomic E-state index is 0.265. The smallest absolute Gasteiger partial charge is 0.499 e.